The van der Waals surface area contributed by atoms with Crippen molar-refractivity contribution in [3.63, 3.8) is 0 Å². The molecule has 1 aliphatic heterocycles. The van der Waals surface area contributed by atoms with Gasteiger partial charge in [-0.15, -0.1) is 12.4 Å². The highest BCUT2D eigenvalue weighted by Crippen LogP contribution is 2.34. The van der Waals surface area contributed by atoms with Gasteiger partial charge in [0.15, 0.2) is 0 Å². The van der Waals surface area contributed by atoms with Gasteiger partial charge in [-0.3, -0.25) is 0 Å². The molecule has 64 valence electrons. The summed E-state index contributed by atoms with van der Waals surface area (Å²) in [6.45, 7) is 0. The van der Waals surface area contributed by atoms with Crippen molar-refractivity contribution in [3.05, 3.63) is 0 Å². The number of halogens is 1. The first kappa shape index (κ1) is 8.65. The average Bonchev–Trinajstić information content (AvgIpc) is 2.39. The molecule has 11 heavy (non-hydrogen) atoms. The summed E-state index contributed by atoms with van der Waals surface area (Å²) < 4.78 is 5.27. The van der Waals surface area contributed by atoms with Crippen molar-refractivity contribution in [3.8, 4) is 0 Å². The van der Waals surface area contributed by atoms with E-state index in [0.29, 0.717) is 0 Å². The van der Waals surface area contributed by atoms with Gasteiger partial charge >= 0.3 is 0 Å². The van der Waals surface area contributed by atoms with E-state index < -0.39 is 0 Å². The Bertz CT molecular complexity index is 145. The maximum atomic E-state index is 5.27. The molecule has 0 aromatic rings. The van der Waals surface area contributed by atoms with Crippen LogP contribution in [0.3, 0.4) is 0 Å². The monoisotopic (exact) mass is 177 g/mol. The number of nitrogens with zero attached hydrogens (tertiary/aromatic N) is 1. The molecule has 0 atom stereocenters. The SMILES string of the molecule is C1=NOC2(CCCCC2)O1.Cl. The second kappa shape index (κ2) is 3.30. The summed E-state index contributed by atoms with van der Waals surface area (Å²) in [5.74, 6) is -0.349. The van der Waals surface area contributed by atoms with Crippen molar-refractivity contribution in [2.75, 3.05) is 0 Å². The smallest absolute Gasteiger partial charge is 0.276 e. The maximum absolute atomic E-state index is 5.27. The first-order valence-electron chi connectivity index (χ1n) is 3.79. The van der Waals surface area contributed by atoms with Crippen LogP contribution in [0.2, 0.25) is 0 Å². The molecular weight excluding hydrogens is 166 g/mol. The molecule has 1 aliphatic carbocycles. The summed E-state index contributed by atoms with van der Waals surface area (Å²) in [6, 6.07) is 0. The summed E-state index contributed by atoms with van der Waals surface area (Å²) in [6.07, 6.45) is 7.09. The van der Waals surface area contributed by atoms with Crippen LogP contribution in [0.25, 0.3) is 0 Å². The Morgan fingerprint density at radius 2 is 1.91 bits per heavy atom. The third-order valence-corrected chi connectivity index (χ3v) is 2.14. The standard InChI is InChI=1S/C7H11NO2.ClH/c1-2-4-7(5-3-1)9-6-8-10-7;/h6H,1-5H2;1H. The van der Waals surface area contributed by atoms with Gasteiger partial charge in [-0.1, -0.05) is 11.6 Å². The lowest BCUT2D eigenvalue weighted by Crippen LogP contribution is -2.32. The van der Waals surface area contributed by atoms with Crippen molar-refractivity contribution in [2.24, 2.45) is 5.16 Å². The van der Waals surface area contributed by atoms with E-state index in [4.69, 9.17) is 9.57 Å². The molecule has 1 heterocycles. The molecular formula is C7H12ClNO2. The van der Waals surface area contributed by atoms with Crippen LogP contribution in [0, 0.1) is 0 Å². The zero-order valence-corrected chi connectivity index (χ0v) is 7.10. The Morgan fingerprint density at radius 3 is 2.45 bits per heavy atom. The van der Waals surface area contributed by atoms with Crippen LogP contribution in [-0.4, -0.2) is 12.2 Å². The Hall–Kier alpha value is -0.440. The van der Waals surface area contributed by atoms with Gasteiger partial charge in [0.2, 0.25) is 6.40 Å². The molecule has 1 spiro atoms. The van der Waals surface area contributed by atoms with Gasteiger partial charge in [0.1, 0.15) is 0 Å². The summed E-state index contributed by atoms with van der Waals surface area (Å²) in [5.41, 5.74) is 0. The zero-order chi connectivity index (χ0) is 6.86. The molecule has 1 fully saturated rings. The van der Waals surface area contributed by atoms with Gasteiger partial charge in [0.25, 0.3) is 5.79 Å². The van der Waals surface area contributed by atoms with Gasteiger partial charge in [0, 0.05) is 12.8 Å². The lowest BCUT2D eigenvalue weighted by molar-refractivity contribution is -0.177. The predicted molar refractivity (Wildman–Crippen MR) is 43.7 cm³/mol. The molecule has 0 unspecified atom stereocenters. The van der Waals surface area contributed by atoms with E-state index >= 15 is 0 Å². The first-order chi connectivity index (χ1) is 4.91. The number of oxime groups is 1. The number of hydrogen-bond acceptors (Lipinski definition) is 3. The molecule has 2 aliphatic rings. The second-order valence-electron chi connectivity index (χ2n) is 2.89. The third-order valence-electron chi connectivity index (χ3n) is 2.14. The van der Waals surface area contributed by atoms with Crippen molar-refractivity contribution in [2.45, 2.75) is 37.9 Å². The van der Waals surface area contributed by atoms with Crippen LogP contribution in [0.5, 0.6) is 0 Å². The van der Waals surface area contributed by atoms with E-state index in [1.54, 1.807) is 0 Å². The van der Waals surface area contributed by atoms with Crippen LogP contribution in [0.4, 0.5) is 0 Å². The fourth-order valence-corrected chi connectivity index (χ4v) is 1.56. The lowest BCUT2D eigenvalue weighted by atomic mass is 9.94. The van der Waals surface area contributed by atoms with E-state index in [0.717, 1.165) is 12.8 Å². The van der Waals surface area contributed by atoms with Crippen molar-refractivity contribution in [1.29, 1.82) is 0 Å². The van der Waals surface area contributed by atoms with Gasteiger partial charge in [-0.2, -0.15) is 0 Å². The summed E-state index contributed by atoms with van der Waals surface area (Å²) >= 11 is 0. The quantitative estimate of drug-likeness (QED) is 0.567. The zero-order valence-electron chi connectivity index (χ0n) is 6.28. The van der Waals surface area contributed by atoms with E-state index in [2.05, 4.69) is 5.16 Å². The molecule has 2 rings (SSSR count). The molecule has 0 bridgehead atoms. The maximum Gasteiger partial charge on any atom is 0.276 e. The number of ether oxygens (including phenoxy) is 1. The van der Waals surface area contributed by atoms with Gasteiger partial charge < -0.3 is 9.57 Å². The average molecular weight is 178 g/mol. The van der Waals surface area contributed by atoms with E-state index in [1.807, 2.05) is 0 Å². The highest BCUT2D eigenvalue weighted by molar-refractivity contribution is 5.85. The summed E-state index contributed by atoms with van der Waals surface area (Å²) in [4.78, 5) is 5.13. The Balaban J connectivity index is 0.000000605. The predicted octanol–water partition coefficient (Wildman–Crippen LogP) is 2.06. The van der Waals surface area contributed by atoms with Crippen LogP contribution in [0.15, 0.2) is 5.16 Å². The Kier molecular flexibility index (Phi) is 2.60. The minimum atomic E-state index is -0.349. The minimum absolute atomic E-state index is 0. The van der Waals surface area contributed by atoms with Crippen LogP contribution >= 0.6 is 12.4 Å². The van der Waals surface area contributed by atoms with E-state index in [9.17, 15) is 0 Å². The van der Waals surface area contributed by atoms with Crippen LogP contribution in [0.1, 0.15) is 32.1 Å². The van der Waals surface area contributed by atoms with Crippen LogP contribution < -0.4 is 0 Å². The van der Waals surface area contributed by atoms with E-state index in [-0.39, 0.29) is 18.2 Å². The van der Waals surface area contributed by atoms with E-state index in [1.165, 1.54) is 25.7 Å². The summed E-state index contributed by atoms with van der Waals surface area (Å²) in [7, 11) is 0. The second-order valence-corrected chi connectivity index (χ2v) is 2.89. The highest BCUT2D eigenvalue weighted by atomic mass is 35.5. The molecule has 4 heteroatoms. The molecule has 0 saturated heterocycles. The summed E-state index contributed by atoms with van der Waals surface area (Å²) in [5, 5.41) is 3.61. The van der Waals surface area contributed by atoms with Gasteiger partial charge in [0.05, 0.1) is 0 Å². The molecule has 0 amide bonds. The van der Waals surface area contributed by atoms with Gasteiger partial charge in [-0.25, -0.2) is 0 Å². The Morgan fingerprint density at radius 1 is 1.18 bits per heavy atom. The number of rotatable bonds is 0. The molecule has 0 aromatic carbocycles. The van der Waals surface area contributed by atoms with Crippen molar-refractivity contribution in [1.82, 2.24) is 0 Å². The van der Waals surface area contributed by atoms with Crippen LogP contribution in [-0.2, 0) is 9.57 Å². The van der Waals surface area contributed by atoms with Crippen molar-refractivity contribution >= 4 is 18.8 Å². The largest absolute Gasteiger partial charge is 0.436 e. The minimum Gasteiger partial charge on any atom is -0.436 e. The molecule has 0 aromatic heterocycles. The fraction of sp³-hybridized carbons (Fsp3) is 0.857. The third kappa shape index (κ3) is 1.59. The molecule has 1 saturated carbocycles. The normalized spacial score (nSPS) is 25.5. The number of hydrogen-bond donors (Lipinski definition) is 0. The molecule has 0 N–H and O–H groups in total. The molecule has 0 radical (unpaired) electrons. The van der Waals surface area contributed by atoms with Gasteiger partial charge in [-0.05, 0) is 12.8 Å². The highest BCUT2D eigenvalue weighted by Gasteiger charge is 2.38. The van der Waals surface area contributed by atoms with Crippen molar-refractivity contribution < 1.29 is 9.57 Å². The fourth-order valence-electron chi connectivity index (χ4n) is 1.56. The lowest BCUT2D eigenvalue weighted by Gasteiger charge is -2.28. The first-order valence-corrected chi connectivity index (χ1v) is 3.79. The Labute approximate surface area is 72.1 Å². The topological polar surface area (TPSA) is 30.8 Å². The molecule has 3 nitrogen and oxygen atoms in total.